The highest BCUT2D eigenvalue weighted by Crippen LogP contribution is 2.16. The molecule has 1 aromatic carbocycles. The Morgan fingerprint density at radius 3 is 2.53 bits per heavy atom. The van der Waals surface area contributed by atoms with E-state index < -0.39 is 6.09 Å². The number of amides is 1. The molecule has 0 aliphatic carbocycles. The van der Waals surface area contributed by atoms with Gasteiger partial charge in [-0.2, -0.15) is 0 Å². The summed E-state index contributed by atoms with van der Waals surface area (Å²) in [5.41, 5.74) is 0.552. The average molecular weight is 237 g/mol. The maximum Gasteiger partial charge on any atom is 0.409 e. The minimum absolute atomic E-state index is 0.552. The van der Waals surface area contributed by atoms with E-state index >= 15 is 0 Å². The van der Waals surface area contributed by atoms with Gasteiger partial charge in [0.05, 0.1) is 6.61 Å². The van der Waals surface area contributed by atoms with Crippen molar-refractivity contribution in [2.24, 2.45) is 0 Å². The van der Waals surface area contributed by atoms with Crippen LogP contribution in [0.15, 0.2) is 24.3 Å². The first-order valence-corrected chi connectivity index (χ1v) is 5.95. The van der Waals surface area contributed by atoms with Gasteiger partial charge in [0.2, 0.25) is 0 Å². The van der Waals surface area contributed by atoms with Crippen molar-refractivity contribution in [1.29, 1.82) is 0 Å². The van der Waals surface area contributed by atoms with E-state index in [2.05, 4.69) is 12.2 Å². The summed E-state index contributed by atoms with van der Waals surface area (Å²) in [4.78, 5) is 10.4. The van der Waals surface area contributed by atoms with E-state index in [0.29, 0.717) is 12.3 Å². The molecule has 0 aromatic heterocycles. The van der Waals surface area contributed by atoms with Crippen LogP contribution in [0.25, 0.3) is 0 Å². The third-order valence-corrected chi connectivity index (χ3v) is 2.37. The van der Waals surface area contributed by atoms with Crippen molar-refractivity contribution in [3.05, 3.63) is 24.3 Å². The van der Waals surface area contributed by atoms with E-state index in [0.717, 1.165) is 12.2 Å². The first kappa shape index (κ1) is 13.4. The third-order valence-electron chi connectivity index (χ3n) is 2.37. The Hall–Kier alpha value is -1.71. The van der Waals surface area contributed by atoms with Crippen LogP contribution in [0, 0.1) is 0 Å². The molecular formula is C13H19NO3. The number of hydrogen-bond donors (Lipinski definition) is 2. The lowest BCUT2D eigenvalue weighted by molar-refractivity contribution is 0.209. The van der Waals surface area contributed by atoms with Gasteiger partial charge in [0.25, 0.3) is 0 Å². The maximum absolute atomic E-state index is 10.4. The second kappa shape index (κ2) is 7.54. The summed E-state index contributed by atoms with van der Waals surface area (Å²) in [6.45, 7) is 2.89. The van der Waals surface area contributed by atoms with Crippen molar-refractivity contribution < 1.29 is 14.6 Å². The second-order valence-corrected chi connectivity index (χ2v) is 3.86. The van der Waals surface area contributed by atoms with Crippen LogP contribution in [0.4, 0.5) is 10.5 Å². The van der Waals surface area contributed by atoms with E-state index in [1.54, 1.807) is 24.3 Å². The van der Waals surface area contributed by atoms with E-state index in [1.807, 2.05) is 0 Å². The highest BCUT2D eigenvalue weighted by molar-refractivity contribution is 5.82. The van der Waals surface area contributed by atoms with Crippen molar-refractivity contribution in [2.75, 3.05) is 11.9 Å². The Balaban J connectivity index is 2.28. The van der Waals surface area contributed by atoms with Crippen molar-refractivity contribution in [2.45, 2.75) is 32.6 Å². The van der Waals surface area contributed by atoms with Crippen LogP contribution >= 0.6 is 0 Å². The van der Waals surface area contributed by atoms with Gasteiger partial charge in [-0.1, -0.05) is 26.2 Å². The Labute approximate surface area is 102 Å². The summed E-state index contributed by atoms with van der Waals surface area (Å²) in [5.74, 6) is 0.775. The van der Waals surface area contributed by atoms with Crippen LogP contribution in [0.1, 0.15) is 32.6 Å². The minimum atomic E-state index is -1.06. The van der Waals surface area contributed by atoms with Crippen LogP contribution in [-0.2, 0) is 0 Å². The highest BCUT2D eigenvalue weighted by Gasteiger charge is 1.98. The summed E-state index contributed by atoms with van der Waals surface area (Å²) in [7, 11) is 0. The zero-order valence-corrected chi connectivity index (χ0v) is 10.1. The fourth-order valence-corrected chi connectivity index (χ4v) is 1.48. The van der Waals surface area contributed by atoms with Crippen molar-refractivity contribution in [1.82, 2.24) is 0 Å². The fourth-order valence-electron chi connectivity index (χ4n) is 1.48. The molecule has 0 unspecified atom stereocenters. The van der Waals surface area contributed by atoms with Crippen molar-refractivity contribution >= 4 is 11.8 Å². The topological polar surface area (TPSA) is 58.6 Å². The van der Waals surface area contributed by atoms with Gasteiger partial charge in [0, 0.05) is 5.69 Å². The predicted molar refractivity (Wildman–Crippen MR) is 67.7 cm³/mol. The fraction of sp³-hybridized carbons (Fsp3) is 0.462. The van der Waals surface area contributed by atoms with Gasteiger partial charge in [-0.05, 0) is 30.7 Å². The van der Waals surface area contributed by atoms with Gasteiger partial charge < -0.3 is 9.84 Å². The van der Waals surface area contributed by atoms with Gasteiger partial charge >= 0.3 is 6.09 Å². The van der Waals surface area contributed by atoms with E-state index in [9.17, 15) is 4.79 Å². The first-order valence-electron chi connectivity index (χ1n) is 5.95. The van der Waals surface area contributed by atoms with Crippen LogP contribution in [0.2, 0.25) is 0 Å². The van der Waals surface area contributed by atoms with E-state index in [1.165, 1.54) is 19.3 Å². The quantitative estimate of drug-likeness (QED) is 0.710. The largest absolute Gasteiger partial charge is 0.494 e. The van der Waals surface area contributed by atoms with Crippen molar-refractivity contribution in [3.63, 3.8) is 0 Å². The molecule has 0 fully saturated rings. The molecule has 1 aromatic rings. The monoisotopic (exact) mass is 237 g/mol. The molecule has 0 bridgehead atoms. The summed E-state index contributed by atoms with van der Waals surface area (Å²) in [5, 5.41) is 10.8. The number of unbranched alkanes of at least 4 members (excludes halogenated alkanes) is 3. The van der Waals surface area contributed by atoms with E-state index in [-0.39, 0.29) is 0 Å². The van der Waals surface area contributed by atoms with Gasteiger partial charge in [-0.15, -0.1) is 0 Å². The van der Waals surface area contributed by atoms with Crippen LogP contribution in [0.5, 0.6) is 5.75 Å². The lowest BCUT2D eigenvalue weighted by atomic mass is 10.2. The number of nitrogens with one attached hydrogen (secondary N) is 1. The van der Waals surface area contributed by atoms with Crippen LogP contribution in [0.3, 0.4) is 0 Å². The van der Waals surface area contributed by atoms with Gasteiger partial charge in [-0.25, -0.2) is 4.79 Å². The molecule has 94 valence electrons. The van der Waals surface area contributed by atoms with E-state index in [4.69, 9.17) is 9.84 Å². The lowest BCUT2D eigenvalue weighted by Crippen LogP contribution is -2.06. The normalized spacial score (nSPS) is 9.94. The summed E-state index contributed by atoms with van der Waals surface area (Å²) in [6.07, 6.45) is 3.65. The number of carboxylic acid groups (broad SMARTS) is 1. The SMILES string of the molecule is CCCCCCOc1ccc(NC(=O)O)cc1. The van der Waals surface area contributed by atoms with Gasteiger partial charge in [0.15, 0.2) is 0 Å². The maximum atomic E-state index is 10.4. The molecule has 0 aliphatic heterocycles. The number of benzene rings is 1. The molecule has 0 saturated carbocycles. The average Bonchev–Trinajstić information content (AvgIpc) is 2.30. The number of rotatable bonds is 7. The number of ether oxygens (including phenoxy) is 1. The zero-order valence-electron chi connectivity index (χ0n) is 10.1. The molecule has 4 nitrogen and oxygen atoms in total. The molecule has 17 heavy (non-hydrogen) atoms. The molecular weight excluding hydrogens is 218 g/mol. The third kappa shape index (κ3) is 5.80. The van der Waals surface area contributed by atoms with Crippen LogP contribution < -0.4 is 10.1 Å². The Bertz CT molecular complexity index is 335. The Morgan fingerprint density at radius 2 is 1.94 bits per heavy atom. The number of carbonyl (C=O) groups is 1. The summed E-state index contributed by atoms with van der Waals surface area (Å²) < 4.78 is 5.54. The molecule has 0 atom stereocenters. The smallest absolute Gasteiger partial charge is 0.409 e. The summed E-state index contributed by atoms with van der Waals surface area (Å²) in [6, 6.07) is 6.92. The molecule has 0 radical (unpaired) electrons. The van der Waals surface area contributed by atoms with Gasteiger partial charge in [-0.3, -0.25) is 5.32 Å². The standard InChI is InChI=1S/C13H19NO3/c1-2-3-4-5-10-17-12-8-6-11(7-9-12)14-13(15)16/h6-9,14H,2-5,10H2,1H3,(H,15,16). The molecule has 0 saturated heterocycles. The first-order chi connectivity index (χ1) is 8.22. The second-order valence-electron chi connectivity index (χ2n) is 3.86. The molecule has 0 heterocycles. The van der Waals surface area contributed by atoms with Crippen LogP contribution in [-0.4, -0.2) is 17.8 Å². The Morgan fingerprint density at radius 1 is 1.24 bits per heavy atom. The molecule has 4 heteroatoms. The minimum Gasteiger partial charge on any atom is -0.494 e. The van der Waals surface area contributed by atoms with Crippen molar-refractivity contribution in [3.8, 4) is 5.75 Å². The molecule has 1 amide bonds. The lowest BCUT2D eigenvalue weighted by Gasteiger charge is -2.06. The molecule has 0 spiro atoms. The summed E-state index contributed by atoms with van der Waals surface area (Å²) >= 11 is 0. The Kier molecular flexibility index (Phi) is 5.93. The molecule has 0 aliphatic rings. The predicted octanol–water partition coefficient (Wildman–Crippen LogP) is 3.74. The number of anilines is 1. The molecule has 2 N–H and O–H groups in total. The zero-order chi connectivity index (χ0) is 12.5. The molecule has 1 rings (SSSR count). The number of hydrogen-bond acceptors (Lipinski definition) is 2. The van der Waals surface area contributed by atoms with Gasteiger partial charge in [0.1, 0.15) is 5.75 Å². The highest BCUT2D eigenvalue weighted by atomic mass is 16.5.